The number of nitrogens with zero attached hydrogens (tertiary/aromatic N) is 1. The van der Waals surface area contributed by atoms with E-state index < -0.39 is 11.7 Å². The summed E-state index contributed by atoms with van der Waals surface area (Å²) in [6.07, 6.45) is 0.456. The number of aromatic carboxylic acids is 1. The van der Waals surface area contributed by atoms with Gasteiger partial charge in [-0.15, -0.1) is 0 Å². The van der Waals surface area contributed by atoms with Crippen LogP contribution in [0.1, 0.15) is 21.6 Å². The molecule has 2 N–H and O–H groups in total. The number of carbonyl (C=O) groups is 1. The van der Waals surface area contributed by atoms with Crippen molar-refractivity contribution in [3.63, 3.8) is 0 Å². The minimum atomic E-state index is -1.14. The molecule has 1 aromatic heterocycles. The average molecular weight is 307 g/mol. The zero-order valence-electron chi connectivity index (χ0n) is 9.03. The lowest BCUT2D eigenvalue weighted by Gasteiger charge is -2.02. The Kier molecular flexibility index (Phi) is 2.34. The largest absolute Gasteiger partial charge is 0.477 e. The zero-order valence-corrected chi connectivity index (χ0v) is 10.6. The molecular formula is C12H7BrN2O3. The lowest BCUT2D eigenvalue weighted by Crippen LogP contribution is -2.18. The summed E-state index contributed by atoms with van der Waals surface area (Å²) in [6.45, 7) is 0. The minimum Gasteiger partial charge on any atom is -0.477 e. The van der Waals surface area contributed by atoms with E-state index in [4.69, 9.17) is 5.11 Å². The van der Waals surface area contributed by atoms with Gasteiger partial charge in [0.25, 0.3) is 0 Å². The van der Waals surface area contributed by atoms with Gasteiger partial charge in [-0.25, -0.2) is 9.59 Å². The molecule has 0 aliphatic heterocycles. The number of aromatic nitrogens is 2. The van der Waals surface area contributed by atoms with Gasteiger partial charge in [-0.2, -0.15) is 4.98 Å². The van der Waals surface area contributed by atoms with Crippen LogP contribution in [0.2, 0.25) is 0 Å². The van der Waals surface area contributed by atoms with Crippen LogP contribution in [-0.2, 0) is 6.42 Å². The number of benzene rings is 1. The predicted molar refractivity (Wildman–Crippen MR) is 67.8 cm³/mol. The molecule has 6 heteroatoms. The molecule has 0 radical (unpaired) electrons. The molecule has 1 aromatic carbocycles. The van der Waals surface area contributed by atoms with Gasteiger partial charge in [0, 0.05) is 22.0 Å². The van der Waals surface area contributed by atoms with Crippen molar-refractivity contribution in [2.24, 2.45) is 0 Å². The highest BCUT2D eigenvalue weighted by molar-refractivity contribution is 9.10. The number of hydrogen-bond donors (Lipinski definition) is 2. The average Bonchev–Trinajstić information content (AvgIpc) is 2.68. The highest BCUT2D eigenvalue weighted by Gasteiger charge is 2.27. The molecule has 0 saturated carbocycles. The third-order valence-corrected chi connectivity index (χ3v) is 3.72. The highest BCUT2D eigenvalue weighted by Crippen LogP contribution is 2.39. The van der Waals surface area contributed by atoms with Crippen molar-refractivity contribution in [2.75, 3.05) is 0 Å². The van der Waals surface area contributed by atoms with E-state index >= 15 is 0 Å². The van der Waals surface area contributed by atoms with Gasteiger partial charge in [-0.05, 0) is 11.6 Å². The van der Waals surface area contributed by atoms with Crippen molar-refractivity contribution in [1.82, 2.24) is 9.97 Å². The van der Waals surface area contributed by atoms with Gasteiger partial charge in [-0.1, -0.05) is 28.1 Å². The highest BCUT2D eigenvalue weighted by atomic mass is 79.9. The predicted octanol–water partition coefficient (Wildman–Crippen LogP) is 1.80. The van der Waals surface area contributed by atoms with Crippen LogP contribution < -0.4 is 5.69 Å². The third-order valence-electron chi connectivity index (χ3n) is 2.97. The van der Waals surface area contributed by atoms with Gasteiger partial charge >= 0.3 is 11.7 Å². The van der Waals surface area contributed by atoms with Crippen LogP contribution in [0.15, 0.2) is 27.5 Å². The van der Waals surface area contributed by atoms with Crippen molar-refractivity contribution in [2.45, 2.75) is 6.42 Å². The molecule has 0 atom stereocenters. The van der Waals surface area contributed by atoms with Crippen LogP contribution >= 0.6 is 15.9 Å². The summed E-state index contributed by atoms with van der Waals surface area (Å²) >= 11 is 3.42. The summed E-state index contributed by atoms with van der Waals surface area (Å²) in [6, 6.07) is 5.55. The molecule has 5 nitrogen and oxygen atoms in total. The molecule has 3 rings (SSSR count). The number of fused-ring (bicyclic) bond motifs is 3. The molecule has 0 unspecified atom stereocenters. The second kappa shape index (κ2) is 3.78. The molecular weight excluding hydrogens is 300 g/mol. The Hall–Kier alpha value is -1.95. The Bertz CT molecular complexity index is 737. The first-order valence-electron chi connectivity index (χ1n) is 5.22. The first-order chi connectivity index (χ1) is 8.58. The minimum absolute atomic E-state index is 0.0758. The molecule has 18 heavy (non-hydrogen) atoms. The third kappa shape index (κ3) is 1.49. The summed E-state index contributed by atoms with van der Waals surface area (Å²) in [5.74, 6) is -1.14. The van der Waals surface area contributed by atoms with Crippen LogP contribution in [0.4, 0.5) is 0 Å². The Morgan fingerprint density at radius 1 is 1.39 bits per heavy atom. The standard InChI is InChI=1S/C12H7BrN2O3/c13-8-3-1-2-5-6(8)4-7-9(5)14-12(18)15-10(7)11(16)17/h1-3H,4H2,(H,16,17)(H,14,15,18). The Morgan fingerprint density at radius 3 is 2.89 bits per heavy atom. The second-order valence-electron chi connectivity index (χ2n) is 3.99. The van der Waals surface area contributed by atoms with Gasteiger partial charge in [-0.3, -0.25) is 4.98 Å². The fraction of sp³-hybridized carbons (Fsp3) is 0.0833. The normalized spacial score (nSPS) is 12.1. The molecule has 0 fully saturated rings. The number of aromatic amines is 1. The van der Waals surface area contributed by atoms with Gasteiger partial charge in [0.2, 0.25) is 0 Å². The number of rotatable bonds is 1. The summed E-state index contributed by atoms with van der Waals surface area (Å²) in [7, 11) is 0. The number of carboxylic acid groups (broad SMARTS) is 1. The molecule has 0 saturated heterocycles. The van der Waals surface area contributed by atoms with Gasteiger partial charge in [0.05, 0.1) is 5.69 Å². The van der Waals surface area contributed by atoms with E-state index in [2.05, 4.69) is 25.9 Å². The number of nitrogens with one attached hydrogen (secondary N) is 1. The van der Waals surface area contributed by atoms with E-state index in [-0.39, 0.29) is 5.69 Å². The van der Waals surface area contributed by atoms with Crippen molar-refractivity contribution in [1.29, 1.82) is 0 Å². The van der Waals surface area contributed by atoms with Crippen molar-refractivity contribution < 1.29 is 9.90 Å². The molecule has 0 amide bonds. The van der Waals surface area contributed by atoms with E-state index in [0.717, 1.165) is 15.6 Å². The van der Waals surface area contributed by atoms with Crippen molar-refractivity contribution >= 4 is 21.9 Å². The smallest absolute Gasteiger partial charge is 0.352 e. The fourth-order valence-electron chi connectivity index (χ4n) is 2.21. The number of H-pyrrole nitrogens is 1. The van der Waals surface area contributed by atoms with Crippen LogP contribution in [0.3, 0.4) is 0 Å². The molecule has 0 spiro atoms. The van der Waals surface area contributed by atoms with E-state index in [0.29, 0.717) is 17.7 Å². The van der Waals surface area contributed by atoms with Gasteiger partial charge in [0.1, 0.15) is 5.69 Å². The van der Waals surface area contributed by atoms with E-state index in [9.17, 15) is 9.59 Å². The molecule has 2 aromatic rings. The quantitative estimate of drug-likeness (QED) is 0.718. The van der Waals surface area contributed by atoms with Crippen molar-refractivity contribution in [3.05, 3.63) is 50.0 Å². The van der Waals surface area contributed by atoms with Crippen molar-refractivity contribution in [3.8, 4) is 11.3 Å². The molecule has 90 valence electrons. The first kappa shape index (κ1) is 11.2. The summed E-state index contributed by atoms with van der Waals surface area (Å²) in [5.41, 5.74) is 2.08. The summed E-state index contributed by atoms with van der Waals surface area (Å²) in [5, 5.41) is 9.11. The maximum Gasteiger partial charge on any atom is 0.352 e. The molecule has 1 heterocycles. The van der Waals surface area contributed by atoms with Crippen LogP contribution in [-0.4, -0.2) is 21.0 Å². The van der Waals surface area contributed by atoms with E-state index in [1.807, 2.05) is 18.2 Å². The Morgan fingerprint density at radius 2 is 2.17 bits per heavy atom. The molecule has 0 bridgehead atoms. The monoisotopic (exact) mass is 306 g/mol. The van der Waals surface area contributed by atoms with Gasteiger partial charge in [0.15, 0.2) is 0 Å². The lowest BCUT2D eigenvalue weighted by atomic mass is 10.1. The van der Waals surface area contributed by atoms with Gasteiger partial charge < -0.3 is 5.11 Å². The number of hydrogen-bond acceptors (Lipinski definition) is 3. The SMILES string of the molecule is O=C(O)c1[nH]c(=O)nc2c1Cc1c(Br)cccc1-2. The zero-order chi connectivity index (χ0) is 12.9. The summed E-state index contributed by atoms with van der Waals surface area (Å²) < 4.78 is 0.891. The molecule has 1 aliphatic rings. The van der Waals surface area contributed by atoms with Crippen LogP contribution in [0, 0.1) is 0 Å². The maximum atomic E-state index is 11.4. The fourth-order valence-corrected chi connectivity index (χ4v) is 2.72. The molecule has 1 aliphatic carbocycles. The number of halogens is 1. The maximum absolute atomic E-state index is 11.4. The van der Waals surface area contributed by atoms with E-state index in [1.54, 1.807) is 0 Å². The van der Waals surface area contributed by atoms with Crippen LogP contribution in [0.5, 0.6) is 0 Å². The topological polar surface area (TPSA) is 83.0 Å². The first-order valence-corrected chi connectivity index (χ1v) is 6.01. The Balaban J connectivity index is 2.36. The number of carboxylic acids is 1. The lowest BCUT2D eigenvalue weighted by molar-refractivity contribution is 0.0689. The summed E-state index contributed by atoms with van der Waals surface area (Å²) in [4.78, 5) is 28.7. The van der Waals surface area contributed by atoms with E-state index in [1.165, 1.54) is 0 Å². The van der Waals surface area contributed by atoms with Crippen LogP contribution in [0.25, 0.3) is 11.3 Å². The second-order valence-corrected chi connectivity index (χ2v) is 4.85. The Labute approximate surface area is 110 Å².